The third-order valence-corrected chi connectivity index (χ3v) is 7.00. The van der Waals surface area contributed by atoms with Gasteiger partial charge in [0.05, 0.1) is 31.8 Å². The number of rotatable bonds is 7. The van der Waals surface area contributed by atoms with Gasteiger partial charge in [0, 0.05) is 11.5 Å². The van der Waals surface area contributed by atoms with Crippen molar-refractivity contribution in [2.24, 2.45) is 20.5 Å². The van der Waals surface area contributed by atoms with Gasteiger partial charge in [0.15, 0.2) is 0 Å². The molecule has 21 heteroatoms. The maximum absolute atomic E-state index is 12.6. The maximum Gasteiger partial charge on any atom is 1.00 e. The van der Waals surface area contributed by atoms with E-state index in [1.165, 1.54) is 6.07 Å². The molecule has 0 saturated carbocycles. The summed E-state index contributed by atoms with van der Waals surface area (Å²) in [6.07, 6.45) is 0. The molecule has 4 aromatic rings. The molecule has 43 heavy (non-hydrogen) atoms. The largest absolute Gasteiger partial charge is 1.00 e. The van der Waals surface area contributed by atoms with E-state index >= 15 is 0 Å². The number of azo groups is 2. The van der Waals surface area contributed by atoms with Crippen LogP contribution in [0, 0.1) is 10.1 Å². The third-order valence-electron chi connectivity index (χ3n) is 5.34. The van der Waals surface area contributed by atoms with E-state index < -0.39 is 63.6 Å². The molecule has 0 aliphatic heterocycles. The Morgan fingerprint density at radius 2 is 1.28 bits per heavy atom. The molecule has 4 aromatic carbocycles. The molecule has 5 N–H and O–H groups in total. The van der Waals surface area contributed by atoms with Crippen molar-refractivity contribution in [3.05, 3.63) is 64.7 Å². The van der Waals surface area contributed by atoms with E-state index in [-0.39, 0.29) is 92.6 Å². The van der Waals surface area contributed by atoms with Crippen LogP contribution in [0.25, 0.3) is 10.8 Å². The van der Waals surface area contributed by atoms with Crippen LogP contribution in [0.5, 0.6) is 17.2 Å². The van der Waals surface area contributed by atoms with E-state index in [1.807, 2.05) is 0 Å². The first-order valence-corrected chi connectivity index (χ1v) is 13.6. The van der Waals surface area contributed by atoms with E-state index in [4.69, 9.17) is 5.73 Å². The first-order chi connectivity index (χ1) is 19.0. The van der Waals surface area contributed by atoms with Crippen molar-refractivity contribution in [1.29, 1.82) is 0 Å². The zero-order valence-corrected chi connectivity index (χ0v) is 27.6. The van der Waals surface area contributed by atoms with Crippen LogP contribution in [-0.4, -0.2) is 36.0 Å². The number of anilines is 1. The van der Waals surface area contributed by atoms with Crippen LogP contribution in [0.4, 0.5) is 34.1 Å². The number of aromatic hydroxyl groups is 1. The summed E-state index contributed by atoms with van der Waals surface area (Å²) in [5.74, 6) is -2.54. The molecule has 0 spiro atoms. The molecule has 0 bridgehead atoms. The molecule has 0 atom stereocenters. The van der Waals surface area contributed by atoms with Crippen molar-refractivity contribution in [2.45, 2.75) is 9.79 Å². The summed E-state index contributed by atoms with van der Waals surface area (Å²) in [6, 6.07) is 7.90. The summed E-state index contributed by atoms with van der Waals surface area (Å²) in [5, 5.41) is 60.3. The first kappa shape index (κ1) is 36.0. The summed E-state index contributed by atoms with van der Waals surface area (Å²) in [6.45, 7) is 0. The molecule has 0 aliphatic carbocycles. The fourth-order valence-corrected chi connectivity index (χ4v) is 4.54. The number of nitrogen functional groups attached to an aromatic ring is 1. The smallest absolute Gasteiger partial charge is 0.872 e. The van der Waals surface area contributed by atoms with Crippen molar-refractivity contribution in [3.63, 3.8) is 0 Å². The minimum atomic E-state index is -4.91. The molecule has 0 heterocycles. The second kappa shape index (κ2) is 13.6. The minimum Gasteiger partial charge on any atom is -0.872 e. The van der Waals surface area contributed by atoms with Crippen molar-refractivity contribution < 1.29 is 105 Å². The van der Waals surface area contributed by atoms with Crippen LogP contribution >= 0.6 is 0 Å². The average molecular weight is 648 g/mol. The average Bonchev–Trinajstić information content (AvgIpc) is 2.85. The van der Waals surface area contributed by atoms with Crippen LogP contribution in [0.1, 0.15) is 0 Å². The van der Waals surface area contributed by atoms with Crippen molar-refractivity contribution in [1.82, 2.24) is 0 Å². The minimum absolute atomic E-state index is 0. The number of nitro groups is 1. The van der Waals surface area contributed by atoms with Gasteiger partial charge in [-0.15, -0.1) is 10.2 Å². The van der Waals surface area contributed by atoms with Gasteiger partial charge >= 0.3 is 59.1 Å². The van der Waals surface area contributed by atoms with Gasteiger partial charge in [0.2, 0.25) is 0 Å². The van der Waals surface area contributed by atoms with Gasteiger partial charge in [-0.2, -0.15) is 27.1 Å². The quantitative estimate of drug-likeness (QED) is 0.0404. The van der Waals surface area contributed by atoms with Crippen molar-refractivity contribution in [2.75, 3.05) is 5.73 Å². The summed E-state index contributed by atoms with van der Waals surface area (Å²) in [7, 11) is -9.78. The second-order valence-corrected chi connectivity index (χ2v) is 11.0. The first-order valence-electron chi connectivity index (χ1n) is 10.7. The van der Waals surface area contributed by atoms with E-state index in [0.29, 0.717) is 12.1 Å². The Balaban J connectivity index is 0.00000323. The Kier molecular flexibility index (Phi) is 11.4. The fourth-order valence-electron chi connectivity index (χ4n) is 3.47. The number of nitro benzene ring substituents is 1. The number of phenolic OH excluding ortho intramolecular Hbond substituents is 1. The van der Waals surface area contributed by atoms with E-state index in [0.717, 1.165) is 36.4 Å². The number of phenols is 1. The monoisotopic (exact) mass is 648 g/mol. The van der Waals surface area contributed by atoms with Crippen LogP contribution < -0.4 is 75.1 Å². The molecule has 4 rings (SSSR count). The number of nitrogens with zero attached hydrogens (tertiary/aromatic N) is 5. The third kappa shape index (κ3) is 8.23. The summed E-state index contributed by atoms with van der Waals surface area (Å²) >= 11 is 0. The van der Waals surface area contributed by atoms with Gasteiger partial charge in [0.25, 0.3) is 25.9 Å². The van der Waals surface area contributed by atoms with Crippen LogP contribution in [0.15, 0.2) is 84.8 Å². The molecule has 0 radical (unpaired) electrons. The zero-order chi connectivity index (χ0) is 30.3. The van der Waals surface area contributed by atoms with Gasteiger partial charge in [-0.25, -0.2) is 0 Å². The van der Waals surface area contributed by atoms with Crippen LogP contribution in [0.2, 0.25) is 0 Å². The van der Waals surface area contributed by atoms with Gasteiger partial charge in [0.1, 0.15) is 17.1 Å². The molecule has 0 aliphatic rings. The Morgan fingerprint density at radius 3 is 1.84 bits per heavy atom. The number of hydrogen-bond donors (Lipinski definition) is 4. The van der Waals surface area contributed by atoms with Gasteiger partial charge in [-0.05, 0) is 53.9 Å². The Bertz CT molecular complexity index is 2030. The summed E-state index contributed by atoms with van der Waals surface area (Å²) in [4.78, 5) is 8.53. The van der Waals surface area contributed by atoms with E-state index in [2.05, 4.69) is 20.5 Å². The zero-order valence-electron chi connectivity index (χ0n) is 21.9. The van der Waals surface area contributed by atoms with E-state index in [9.17, 15) is 51.4 Å². The van der Waals surface area contributed by atoms with Crippen LogP contribution in [0.3, 0.4) is 0 Å². The van der Waals surface area contributed by atoms with Gasteiger partial charge in [-0.1, -0.05) is 11.5 Å². The molecular formula is C22H14N6Na2O11S2. The Labute approximate surface area is 286 Å². The van der Waals surface area contributed by atoms with Crippen molar-refractivity contribution in [3.8, 4) is 17.2 Å². The van der Waals surface area contributed by atoms with Crippen molar-refractivity contribution >= 4 is 65.1 Å². The molecule has 0 saturated heterocycles. The fraction of sp³-hybridized carbons (Fsp3) is 0. The number of benzene rings is 4. The van der Waals surface area contributed by atoms with Gasteiger partial charge in [-0.3, -0.25) is 19.2 Å². The van der Waals surface area contributed by atoms with Gasteiger partial charge < -0.3 is 21.1 Å². The summed E-state index contributed by atoms with van der Waals surface area (Å²) in [5.41, 5.74) is 3.79. The summed E-state index contributed by atoms with van der Waals surface area (Å²) < 4.78 is 65.3. The molecular weight excluding hydrogens is 634 g/mol. The molecule has 212 valence electrons. The number of nitrogens with two attached hydrogens (primary N) is 1. The topological polar surface area (TPSA) is 294 Å². The predicted octanol–water partition coefficient (Wildman–Crippen LogP) is -2.48. The number of fused-ring (bicyclic) bond motifs is 1. The molecule has 0 fully saturated rings. The Hall–Kier alpha value is -3.24. The second-order valence-electron chi connectivity index (χ2n) is 8.12. The Morgan fingerprint density at radius 1 is 0.721 bits per heavy atom. The van der Waals surface area contributed by atoms with Crippen LogP contribution in [-0.2, 0) is 20.2 Å². The SMILES string of the molecule is Nc1cc(N=Nc2cc(N=Nc3cc(S(=O)(=O)O)cc4cc(S(=O)(=O)O)cc([O-])c34)c([O-])cc2O)ccc1[N+](=O)[O-].[Na+].[Na+]. The molecule has 17 nitrogen and oxygen atoms in total. The molecule has 0 unspecified atom stereocenters. The number of hydrogen-bond acceptors (Lipinski definition) is 14. The molecule has 0 aromatic heterocycles. The molecule has 0 amide bonds. The predicted molar refractivity (Wildman–Crippen MR) is 136 cm³/mol. The van der Waals surface area contributed by atoms with E-state index in [1.54, 1.807) is 0 Å². The standard InChI is InChI=1S/C22H16N6O11S2.2Na/c23-14-5-11(1-2-18(14)28(32)33)24-25-15-8-16(20(30)9-19(15)29)26-27-17-6-12(40(34,35)36)3-10-4-13(41(37,38)39)7-21(31)22(10)17;;/h1-9,29-31H,23H2,(H,34,35,36)(H,37,38,39);;/q;2*+1/p-2. The normalized spacial score (nSPS) is 11.9. The maximum atomic E-state index is 12.6.